The van der Waals surface area contributed by atoms with Crippen LogP contribution in [0.5, 0.6) is 0 Å². The van der Waals surface area contributed by atoms with Crippen molar-refractivity contribution in [3.8, 4) is 45.0 Å². The van der Waals surface area contributed by atoms with E-state index in [1.165, 1.54) is 43.7 Å². The normalized spacial score (nSPS) is 11.6. The number of fused-ring (bicyclic) bond motifs is 6. The molecule has 0 spiro atoms. The lowest BCUT2D eigenvalue weighted by molar-refractivity contribution is 1.08. The molecule has 0 bridgehead atoms. The summed E-state index contributed by atoms with van der Waals surface area (Å²) in [6, 6.07) is 65.5. The molecule has 0 N–H and O–H groups in total. The third kappa shape index (κ3) is 4.86. The standard InChI is InChI=1S/C48H33N3/c1-32-20-24-38(25-21-32)50-44-18-10-8-16-39(44)41-26-22-35(29-46(41)50)36-23-27-42-40-17-9-11-19-45(40)51(47(42)30-36)48-31-37(33-12-4-2-5-13-33)28-43(49-48)34-14-6-3-7-15-34/h2-31H,1H3. The highest BCUT2D eigenvalue weighted by Crippen LogP contribution is 2.39. The van der Waals surface area contributed by atoms with Crippen LogP contribution >= 0.6 is 0 Å². The molecule has 0 fully saturated rings. The Morgan fingerprint density at radius 3 is 1.49 bits per heavy atom. The molecular formula is C48H33N3. The maximum Gasteiger partial charge on any atom is 0.138 e. The highest BCUT2D eigenvalue weighted by atomic mass is 15.1. The second-order valence-electron chi connectivity index (χ2n) is 13.3. The fraction of sp³-hybridized carbons (Fsp3) is 0.0208. The first-order chi connectivity index (χ1) is 25.2. The molecule has 0 amide bonds. The molecule has 240 valence electrons. The fourth-order valence-corrected chi connectivity index (χ4v) is 7.70. The van der Waals surface area contributed by atoms with Crippen molar-refractivity contribution < 1.29 is 0 Å². The van der Waals surface area contributed by atoms with E-state index >= 15 is 0 Å². The highest BCUT2D eigenvalue weighted by molar-refractivity contribution is 6.12. The van der Waals surface area contributed by atoms with Crippen molar-refractivity contribution in [2.75, 3.05) is 0 Å². The summed E-state index contributed by atoms with van der Waals surface area (Å²) in [5, 5.41) is 4.92. The molecule has 0 radical (unpaired) electrons. The Balaban J connectivity index is 1.21. The molecule has 3 nitrogen and oxygen atoms in total. The molecule has 7 aromatic carbocycles. The zero-order chi connectivity index (χ0) is 33.9. The molecule has 0 unspecified atom stereocenters. The van der Waals surface area contributed by atoms with Crippen molar-refractivity contribution in [2.24, 2.45) is 0 Å². The molecule has 0 saturated carbocycles. The zero-order valence-electron chi connectivity index (χ0n) is 28.2. The molecule has 3 heteroatoms. The van der Waals surface area contributed by atoms with Gasteiger partial charge >= 0.3 is 0 Å². The van der Waals surface area contributed by atoms with Crippen LogP contribution in [0, 0.1) is 6.92 Å². The summed E-state index contributed by atoms with van der Waals surface area (Å²) in [4.78, 5) is 5.35. The quantitative estimate of drug-likeness (QED) is 0.182. The average molecular weight is 652 g/mol. The van der Waals surface area contributed by atoms with Gasteiger partial charge in [0.1, 0.15) is 5.82 Å². The van der Waals surface area contributed by atoms with E-state index in [1.54, 1.807) is 0 Å². The molecule has 10 aromatic rings. The number of rotatable bonds is 5. The lowest BCUT2D eigenvalue weighted by atomic mass is 10.0. The molecule has 0 aliphatic rings. The summed E-state index contributed by atoms with van der Waals surface area (Å²) in [5.74, 6) is 0.897. The summed E-state index contributed by atoms with van der Waals surface area (Å²) in [5.41, 5.74) is 13.8. The lowest BCUT2D eigenvalue weighted by Gasteiger charge is -2.13. The number of aryl methyl sites for hydroxylation is 1. The van der Waals surface area contributed by atoms with Crippen LogP contribution in [0.3, 0.4) is 0 Å². The van der Waals surface area contributed by atoms with E-state index in [-0.39, 0.29) is 0 Å². The monoisotopic (exact) mass is 651 g/mol. The van der Waals surface area contributed by atoms with Crippen LogP contribution in [0.4, 0.5) is 0 Å². The van der Waals surface area contributed by atoms with E-state index in [9.17, 15) is 0 Å². The third-order valence-electron chi connectivity index (χ3n) is 10.2. The molecular weight excluding hydrogens is 619 g/mol. The average Bonchev–Trinajstić information content (AvgIpc) is 3.71. The van der Waals surface area contributed by atoms with Crippen LogP contribution in [0.15, 0.2) is 182 Å². The topological polar surface area (TPSA) is 22.8 Å². The first kappa shape index (κ1) is 29.2. The van der Waals surface area contributed by atoms with Gasteiger partial charge in [0.15, 0.2) is 0 Å². The van der Waals surface area contributed by atoms with Crippen molar-refractivity contribution in [3.63, 3.8) is 0 Å². The van der Waals surface area contributed by atoms with Gasteiger partial charge in [0, 0.05) is 32.8 Å². The van der Waals surface area contributed by atoms with Crippen LogP contribution in [0.2, 0.25) is 0 Å². The lowest BCUT2D eigenvalue weighted by Crippen LogP contribution is -2.00. The number of nitrogens with zero attached hydrogens (tertiary/aromatic N) is 3. The van der Waals surface area contributed by atoms with Gasteiger partial charge in [0.2, 0.25) is 0 Å². The smallest absolute Gasteiger partial charge is 0.138 e. The van der Waals surface area contributed by atoms with Crippen molar-refractivity contribution in [2.45, 2.75) is 6.92 Å². The van der Waals surface area contributed by atoms with E-state index in [0.717, 1.165) is 50.5 Å². The van der Waals surface area contributed by atoms with Gasteiger partial charge in [-0.15, -0.1) is 0 Å². The molecule has 0 atom stereocenters. The Bertz CT molecular complexity index is 2840. The molecule has 3 aromatic heterocycles. The fourth-order valence-electron chi connectivity index (χ4n) is 7.70. The number of pyridine rings is 1. The van der Waals surface area contributed by atoms with E-state index in [1.807, 2.05) is 0 Å². The van der Waals surface area contributed by atoms with Crippen molar-refractivity contribution in [1.29, 1.82) is 0 Å². The van der Waals surface area contributed by atoms with Gasteiger partial charge < -0.3 is 4.57 Å². The van der Waals surface area contributed by atoms with Crippen LogP contribution in [-0.2, 0) is 0 Å². The SMILES string of the molecule is Cc1ccc(-n2c3ccccc3c3ccc(-c4ccc5c6ccccc6n(-c6cc(-c7ccccc7)cc(-c7ccccc7)n6)c5c4)cc32)cc1. The third-order valence-corrected chi connectivity index (χ3v) is 10.2. The van der Waals surface area contributed by atoms with E-state index < -0.39 is 0 Å². The number of para-hydroxylation sites is 2. The minimum atomic E-state index is 0.897. The first-order valence-corrected chi connectivity index (χ1v) is 17.5. The second-order valence-corrected chi connectivity index (χ2v) is 13.3. The van der Waals surface area contributed by atoms with Gasteiger partial charge in [0.25, 0.3) is 0 Å². The van der Waals surface area contributed by atoms with Gasteiger partial charge in [-0.25, -0.2) is 4.98 Å². The van der Waals surface area contributed by atoms with Gasteiger partial charge in [-0.05, 0) is 77.7 Å². The predicted octanol–water partition coefficient (Wildman–Crippen LogP) is 12.6. The molecule has 0 saturated heterocycles. The van der Waals surface area contributed by atoms with Gasteiger partial charge in [-0.1, -0.05) is 139 Å². The maximum atomic E-state index is 5.35. The predicted molar refractivity (Wildman–Crippen MR) is 214 cm³/mol. The summed E-state index contributed by atoms with van der Waals surface area (Å²) in [7, 11) is 0. The van der Waals surface area contributed by atoms with E-state index in [0.29, 0.717) is 0 Å². The number of benzene rings is 7. The largest absolute Gasteiger partial charge is 0.309 e. The summed E-state index contributed by atoms with van der Waals surface area (Å²) in [6.07, 6.45) is 0. The van der Waals surface area contributed by atoms with Crippen LogP contribution in [0.1, 0.15) is 5.56 Å². The number of hydrogen-bond donors (Lipinski definition) is 0. The Morgan fingerprint density at radius 1 is 0.353 bits per heavy atom. The van der Waals surface area contributed by atoms with Crippen molar-refractivity contribution in [3.05, 3.63) is 188 Å². The minimum absolute atomic E-state index is 0.897. The van der Waals surface area contributed by atoms with Crippen molar-refractivity contribution in [1.82, 2.24) is 14.1 Å². The van der Waals surface area contributed by atoms with Crippen molar-refractivity contribution >= 4 is 43.6 Å². The number of hydrogen-bond acceptors (Lipinski definition) is 1. The molecule has 3 heterocycles. The molecule has 0 aliphatic carbocycles. The summed E-state index contributed by atoms with van der Waals surface area (Å²) < 4.78 is 4.74. The highest BCUT2D eigenvalue weighted by Gasteiger charge is 2.18. The molecule has 10 rings (SSSR count). The first-order valence-electron chi connectivity index (χ1n) is 17.5. The molecule has 0 aliphatic heterocycles. The maximum absolute atomic E-state index is 5.35. The van der Waals surface area contributed by atoms with Crippen LogP contribution in [0.25, 0.3) is 88.6 Å². The van der Waals surface area contributed by atoms with E-state index in [2.05, 4.69) is 198 Å². The van der Waals surface area contributed by atoms with E-state index in [4.69, 9.17) is 4.98 Å². The van der Waals surface area contributed by atoms with Crippen LogP contribution < -0.4 is 0 Å². The van der Waals surface area contributed by atoms with Crippen LogP contribution in [-0.4, -0.2) is 14.1 Å². The summed E-state index contributed by atoms with van der Waals surface area (Å²) in [6.45, 7) is 2.14. The minimum Gasteiger partial charge on any atom is -0.309 e. The zero-order valence-corrected chi connectivity index (χ0v) is 28.2. The Hall–Kier alpha value is -6.71. The van der Waals surface area contributed by atoms with Gasteiger partial charge in [-0.3, -0.25) is 4.57 Å². The van der Waals surface area contributed by atoms with Gasteiger partial charge in [-0.2, -0.15) is 0 Å². The Morgan fingerprint density at radius 2 is 0.863 bits per heavy atom. The van der Waals surface area contributed by atoms with Gasteiger partial charge in [0.05, 0.1) is 27.8 Å². The second kappa shape index (κ2) is 11.7. The summed E-state index contributed by atoms with van der Waals surface area (Å²) >= 11 is 0. The Kier molecular flexibility index (Phi) is 6.71. The molecule has 51 heavy (non-hydrogen) atoms. The Labute approximate surface area is 296 Å². The number of aromatic nitrogens is 3.